The molecule has 4 heteroatoms. The Labute approximate surface area is 106 Å². The molecule has 1 aromatic rings. The summed E-state index contributed by atoms with van der Waals surface area (Å²) in [6, 6.07) is 4.63. The van der Waals surface area contributed by atoms with Gasteiger partial charge >= 0.3 is 0 Å². The third kappa shape index (κ3) is 2.97. The third-order valence-electron chi connectivity index (χ3n) is 3.33. The molecule has 0 aliphatic carbocycles. The average molecular weight is 258 g/mol. The lowest BCUT2D eigenvalue weighted by atomic mass is 10.0. The Morgan fingerprint density at radius 2 is 2.00 bits per heavy atom. The predicted octanol–water partition coefficient (Wildman–Crippen LogP) is 3.00. The maximum atomic E-state index is 13.1. The largest absolute Gasteiger partial charge is 0.394 e. The van der Waals surface area contributed by atoms with Crippen LogP contribution in [-0.4, -0.2) is 29.7 Å². The van der Waals surface area contributed by atoms with E-state index in [1.54, 1.807) is 12.1 Å². The number of halogens is 2. The van der Waals surface area contributed by atoms with E-state index < -0.39 is 5.82 Å². The minimum atomic E-state index is -0.411. The zero-order valence-corrected chi connectivity index (χ0v) is 10.5. The number of nitrogens with zero attached hydrogens (tertiary/aromatic N) is 1. The number of hydrogen-bond acceptors (Lipinski definition) is 2. The molecular formula is C13H17ClFNO. The molecule has 2 rings (SSSR count). The van der Waals surface area contributed by atoms with Crippen molar-refractivity contribution in [3.05, 3.63) is 34.6 Å². The Morgan fingerprint density at radius 3 is 2.59 bits per heavy atom. The van der Waals surface area contributed by atoms with Crippen molar-refractivity contribution in [1.29, 1.82) is 0 Å². The van der Waals surface area contributed by atoms with E-state index in [0.29, 0.717) is 0 Å². The molecule has 0 spiro atoms. The summed E-state index contributed by atoms with van der Waals surface area (Å²) in [5.41, 5.74) is 0.890. The molecule has 1 atom stereocenters. The summed E-state index contributed by atoms with van der Waals surface area (Å²) in [6.45, 7) is 2.02. The fourth-order valence-electron chi connectivity index (χ4n) is 2.38. The highest BCUT2D eigenvalue weighted by atomic mass is 35.5. The molecule has 0 bridgehead atoms. The first-order valence-electron chi connectivity index (χ1n) is 6.02. The Morgan fingerprint density at radius 1 is 1.29 bits per heavy atom. The van der Waals surface area contributed by atoms with E-state index in [0.717, 1.165) is 31.5 Å². The van der Waals surface area contributed by atoms with Crippen molar-refractivity contribution in [1.82, 2.24) is 4.90 Å². The minimum Gasteiger partial charge on any atom is -0.394 e. The first-order valence-corrected chi connectivity index (χ1v) is 6.40. The van der Waals surface area contributed by atoms with Crippen LogP contribution >= 0.6 is 11.6 Å². The van der Waals surface area contributed by atoms with E-state index >= 15 is 0 Å². The topological polar surface area (TPSA) is 23.5 Å². The Hall–Kier alpha value is -0.640. The van der Waals surface area contributed by atoms with Crippen molar-refractivity contribution in [2.24, 2.45) is 0 Å². The minimum absolute atomic E-state index is 0.0436. The lowest BCUT2D eigenvalue weighted by Gasteiger charge is -2.33. The van der Waals surface area contributed by atoms with Gasteiger partial charge in [0.15, 0.2) is 0 Å². The maximum Gasteiger partial charge on any atom is 0.141 e. The maximum absolute atomic E-state index is 13.1. The molecule has 1 aliphatic heterocycles. The SMILES string of the molecule is OCC(c1ccc(F)c(Cl)c1)N1CCCCC1. The second-order valence-corrected chi connectivity index (χ2v) is 4.88. The van der Waals surface area contributed by atoms with Gasteiger partial charge in [0.05, 0.1) is 17.7 Å². The summed E-state index contributed by atoms with van der Waals surface area (Å²) in [7, 11) is 0. The van der Waals surface area contributed by atoms with Crippen LogP contribution in [0.3, 0.4) is 0 Å². The molecule has 1 saturated heterocycles. The van der Waals surface area contributed by atoms with Gasteiger partial charge in [0.1, 0.15) is 5.82 Å². The van der Waals surface area contributed by atoms with Gasteiger partial charge in [-0.15, -0.1) is 0 Å². The van der Waals surface area contributed by atoms with Crippen LogP contribution in [0.4, 0.5) is 4.39 Å². The number of hydrogen-bond donors (Lipinski definition) is 1. The van der Waals surface area contributed by atoms with Gasteiger partial charge in [0.25, 0.3) is 0 Å². The number of benzene rings is 1. The van der Waals surface area contributed by atoms with Gasteiger partial charge < -0.3 is 5.11 Å². The fourth-order valence-corrected chi connectivity index (χ4v) is 2.57. The monoisotopic (exact) mass is 257 g/mol. The van der Waals surface area contributed by atoms with E-state index in [9.17, 15) is 9.50 Å². The van der Waals surface area contributed by atoms with E-state index in [4.69, 9.17) is 11.6 Å². The Balaban J connectivity index is 2.18. The molecule has 2 nitrogen and oxygen atoms in total. The first-order chi connectivity index (χ1) is 8.22. The number of likely N-dealkylation sites (tertiary alicyclic amines) is 1. The van der Waals surface area contributed by atoms with E-state index in [2.05, 4.69) is 4.90 Å². The van der Waals surface area contributed by atoms with Gasteiger partial charge in [-0.1, -0.05) is 24.1 Å². The van der Waals surface area contributed by atoms with Crippen molar-refractivity contribution in [2.75, 3.05) is 19.7 Å². The van der Waals surface area contributed by atoms with E-state index in [1.165, 1.54) is 12.5 Å². The number of rotatable bonds is 3. The molecule has 0 aromatic heterocycles. The standard InChI is InChI=1S/C13H17ClFNO/c14-11-8-10(4-5-12(11)15)13(9-17)16-6-2-1-3-7-16/h4-5,8,13,17H,1-3,6-7,9H2. The van der Waals surface area contributed by atoms with Crippen LogP contribution in [0, 0.1) is 5.82 Å². The highest BCUT2D eigenvalue weighted by Crippen LogP contribution is 2.27. The molecule has 0 amide bonds. The van der Waals surface area contributed by atoms with Gasteiger partial charge in [-0.2, -0.15) is 0 Å². The van der Waals surface area contributed by atoms with Gasteiger partial charge in [0.2, 0.25) is 0 Å². The summed E-state index contributed by atoms with van der Waals surface area (Å²) >= 11 is 5.78. The third-order valence-corrected chi connectivity index (χ3v) is 3.62. The van der Waals surface area contributed by atoms with Gasteiger partial charge in [-0.3, -0.25) is 4.90 Å². The highest BCUT2D eigenvalue weighted by Gasteiger charge is 2.22. The van der Waals surface area contributed by atoms with Crippen molar-refractivity contribution in [3.63, 3.8) is 0 Å². The van der Waals surface area contributed by atoms with Crippen LogP contribution < -0.4 is 0 Å². The van der Waals surface area contributed by atoms with Gasteiger partial charge in [-0.25, -0.2) is 4.39 Å². The fraction of sp³-hybridized carbons (Fsp3) is 0.538. The van der Waals surface area contributed by atoms with Crippen molar-refractivity contribution in [3.8, 4) is 0 Å². The lowest BCUT2D eigenvalue weighted by Crippen LogP contribution is -2.35. The van der Waals surface area contributed by atoms with Crippen LogP contribution in [0.1, 0.15) is 30.9 Å². The average Bonchev–Trinajstić information content (AvgIpc) is 2.36. The second kappa shape index (κ2) is 5.80. The molecule has 1 unspecified atom stereocenters. The van der Waals surface area contributed by atoms with Gasteiger partial charge in [0, 0.05) is 0 Å². The van der Waals surface area contributed by atoms with Crippen LogP contribution in [0.15, 0.2) is 18.2 Å². The highest BCUT2D eigenvalue weighted by molar-refractivity contribution is 6.30. The molecule has 1 N–H and O–H groups in total. The molecular weight excluding hydrogens is 241 g/mol. The number of aliphatic hydroxyl groups excluding tert-OH is 1. The first kappa shape index (κ1) is 12.8. The smallest absolute Gasteiger partial charge is 0.141 e. The zero-order chi connectivity index (χ0) is 12.3. The second-order valence-electron chi connectivity index (χ2n) is 4.47. The van der Waals surface area contributed by atoms with Crippen molar-refractivity contribution in [2.45, 2.75) is 25.3 Å². The quantitative estimate of drug-likeness (QED) is 0.900. The normalized spacial score (nSPS) is 19.2. The predicted molar refractivity (Wildman–Crippen MR) is 66.7 cm³/mol. The number of aliphatic hydroxyl groups is 1. The molecule has 1 aliphatic rings. The summed E-state index contributed by atoms with van der Waals surface area (Å²) in [4.78, 5) is 2.24. The van der Waals surface area contributed by atoms with Gasteiger partial charge in [-0.05, 0) is 43.6 Å². The zero-order valence-electron chi connectivity index (χ0n) is 9.70. The summed E-state index contributed by atoms with van der Waals surface area (Å²) in [5, 5.41) is 9.64. The summed E-state index contributed by atoms with van der Waals surface area (Å²) in [5.74, 6) is -0.411. The van der Waals surface area contributed by atoms with Crippen LogP contribution in [0.5, 0.6) is 0 Å². The van der Waals surface area contributed by atoms with Crippen LogP contribution in [-0.2, 0) is 0 Å². The molecule has 94 valence electrons. The molecule has 1 aromatic carbocycles. The Kier molecular flexibility index (Phi) is 4.37. The molecule has 1 heterocycles. The molecule has 0 saturated carbocycles. The van der Waals surface area contributed by atoms with Crippen LogP contribution in [0.25, 0.3) is 0 Å². The Bertz CT molecular complexity index is 380. The lowest BCUT2D eigenvalue weighted by molar-refractivity contribution is 0.104. The number of piperidine rings is 1. The molecule has 1 fully saturated rings. The van der Waals surface area contributed by atoms with Crippen molar-refractivity contribution < 1.29 is 9.50 Å². The van der Waals surface area contributed by atoms with E-state index in [1.807, 2.05) is 0 Å². The molecule has 17 heavy (non-hydrogen) atoms. The summed E-state index contributed by atoms with van der Waals surface area (Å²) < 4.78 is 13.1. The molecule has 0 radical (unpaired) electrons. The summed E-state index contributed by atoms with van der Waals surface area (Å²) in [6.07, 6.45) is 3.57. The van der Waals surface area contributed by atoms with E-state index in [-0.39, 0.29) is 17.7 Å². The van der Waals surface area contributed by atoms with Crippen molar-refractivity contribution >= 4 is 11.6 Å². The van der Waals surface area contributed by atoms with Crippen LogP contribution in [0.2, 0.25) is 5.02 Å².